The molecule has 3 rings (SSSR count). The maximum absolute atomic E-state index is 11.4. The van der Waals surface area contributed by atoms with Crippen LogP contribution in [0.25, 0.3) is 21.8 Å². The number of thiophene rings is 1. The summed E-state index contributed by atoms with van der Waals surface area (Å²) in [6, 6.07) is 8.94. The predicted molar refractivity (Wildman–Crippen MR) is 92.2 cm³/mol. The van der Waals surface area contributed by atoms with Crippen molar-refractivity contribution >= 4 is 51.8 Å². The summed E-state index contributed by atoms with van der Waals surface area (Å²) in [5.41, 5.74) is 3.08. The number of thiazole rings is 1. The highest BCUT2D eigenvalue weighted by molar-refractivity contribution is 7.20. The van der Waals surface area contributed by atoms with Crippen LogP contribution in [0.2, 0.25) is 8.67 Å². The summed E-state index contributed by atoms with van der Waals surface area (Å²) in [6.07, 6.45) is 0. The van der Waals surface area contributed by atoms with Crippen molar-refractivity contribution in [3.63, 3.8) is 0 Å². The molecule has 0 aliphatic rings. The van der Waals surface area contributed by atoms with E-state index in [9.17, 15) is 4.79 Å². The smallest absolute Gasteiger partial charge is 0.337 e. The van der Waals surface area contributed by atoms with Crippen LogP contribution in [0.3, 0.4) is 0 Å². The molecule has 0 saturated heterocycles. The lowest BCUT2D eigenvalue weighted by atomic mass is 10.1. The van der Waals surface area contributed by atoms with Gasteiger partial charge in [-0.15, -0.1) is 22.7 Å². The number of hydrogen-bond acceptors (Lipinski definition) is 5. The van der Waals surface area contributed by atoms with Gasteiger partial charge in [0.1, 0.15) is 9.34 Å². The van der Waals surface area contributed by atoms with Crippen molar-refractivity contribution in [2.75, 3.05) is 7.11 Å². The zero-order valence-electron chi connectivity index (χ0n) is 11.3. The number of carbonyl (C=O) groups excluding carboxylic acids is 1. The summed E-state index contributed by atoms with van der Waals surface area (Å²) in [5, 5.41) is 2.79. The van der Waals surface area contributed by atoms with Crippen molar-refractivity contribution in [1.82, 2.24) is 4.98 Å². The molecule has 0 saturated carbocycles. The number of hydrogen-bond donors (Lipinski definition) is 0. The first-order valence-electron chi connectivity index (χ1n) is 6.18. The van der Waals surface area contributed by atoms with Gasteiger partial charge in [0.2, 0.25) is 0 Å². The summed E-state index contributed by atoms with van der Waals surface area (Å²) >= 11 is 15.0. The number of esters is 1. The monoisotopic (exact) mass is 369 g/mol. The molecule has 0 radical (unpaired) electrons. The zero-order chi connectivity index (χ0) is 15.7. The second-order valence-corrected chi connectivity index (χ2v) is 7.49. The van der Waals surface area contributed by atoms with Crippen LogP contribution in [-0.4, -0.2) is 18.1 Å². The van der Waals surface area contributed by atoms with Crippen molar-refractivity contribution in [3.05, 3.63) is 49.9 Å². The first-order chi connectivity index (χ1) is 10.6. The number of nitrogens with zero attached hydrogens (tertiary/aromatic N) is 1. The molecule has 0 spiro atoms. The molecule has 0 bridgehead atoms. The van der Waals surface area contributed by atoms with Crippen LogP contribution in [0.15, 0.2) is 35.7 Å². The zero-order valence-corrected chi connectivity index (χ0v) is 14.4. The molecule has 0 aliphatic heterocycles. The Morgan fingerprint density at radius 2 is 1.95 bits per heavy atom. The Bertz CT molecular complexity index is 824. The minimum absolute atomic E-state index is 0.355. The molecule has 0 unspecified atom stereocenters. The molecule has 7 heteroatoms. The van der Waals surface area contributed by atoms with Gasteiger partial charge < -0.3 is 4.74 Å². The third-order valence-corrected chi connectivity index (χ3v) is 5.37. The van der Waals surface area contributed by atoms with E-state index in [0.717, 1.165) is 21.8 Å². The van der Waals surface area contributed by atoms with E-state index in [4.69, 9.17) is 23.2 Å². The van der Waals surface area contributed by atoms with Crippen molar-refractivity contribution in [2.45, 2.75) is 0 Å². The number of aromatic nitrogens is 1. The number of ether oxygens (including phenoxy) is 1. The number of benzene rings is 1. The second kappa shape index (κ2) is 6.38. The summed E-state index contributed by atoms with van der Waals surface area (Å²) in [4.78, 5) is 16.0. The van der Waals surface area contributed by atoms with Gasteiger partial charge in [0.25, 0.3) is 0 Å². The van der Waals surface area contributed by atoms with Gasteiger partial charge >= 0.3 is 5.97 Å². The fourth-order valence-electron chi connectivity index (χ4n) is 1.91. The lowest BCUT2D eigenvalue weighted by Gasteiger charge is -2.00. The number of rotatable bonds is 3. The van der Waals surface area contributed by atoms with E-state index >= 15 is 0 Å². The van der Waals surface area contributed by atoms with Crippen LogP contribution in [-0.2, 0) is 4.74 Å². The van der Waals surface area contributed by atoms with E-state index in [1.54, 1.807) is 12.1 Å². The van der Waals surface area contributed by atoms with E-state index in [2.05, 4.69) is 9.72 Å². The Morgan fingerprint density at radius 3 is 2.55 bits per heavy atom. The fourth-order valence-corrected chi connectivity index (χ4v) is 4.22. The Labute approximate surface area is 145 Å². The molecule has 0 atom stereocenters. The highest BCUT2D eigenvalue weighted by Crippen LogP contribution is 2.39. The van der Waals surface area contributed by atoms with Gasteiger partial charge in [-0.3, -0.25) is 0 Å². The summed E-state index contributed by atoms with van der Waals surface area (Å²) in [5.74, 6) is -0.355. The second-order valence-electron chi connectivity index (χ2n) is 4.34. The molecular formula is C15H9Cl2NO2S2. The Hall–Kier alpha value is -1.40. The average molecular weight is 370 g/mol. The van der Waals surface area contributed by atoms with Gasteiger partial charge in [-0.2, -0.15) is 0 Å². The number of carbonyl (C=O) groups is 1. The van der Waals surface area contributed by atoms with Crippen LogP contribution >= 0.6 is 45.9 Å². The normalized spacial score (nSPS) is 10.7. The van der Waals surface area contributed by atoms with E-state index in [1.165, 1.54) is 29.8 Å². The van der Waals surface area contributed by atoms with Crippen molar-refractivity contribution < 1.29 is 9.53 Å². The Kier molecular flexibility index (Phi) is 4.49. The molecule has 3 nitrogen and oxygen atoms in total. The largest absolute Gasteiger partial charge is 0.465 e. The molecule has 2 heterocycles. The van der Waals surface area contributed by atoms with Gasteiger partial charge in [-0.05, 0) is 18.2 Å². The lowest BCUT2D eigenvalue weighted by Crippen LogP contribution is -2.00. The summed E-state index contributed by atoms with van der Waals surface area (Å²) < 4.78 is 5.95. The van der Waals surface area contributed by atoms with Crippen LogP contribution in [0.4, 0.5) is 0 Å². The van der Waals surface area contributed by atoms with Crippen LogP contribution in [0.5, 0.6) is 0 Å². The fraction of sp³-hybridized carbons (Fsp3) is 0.0667. The SMILES string of the molecule is COC(=O)c1ccc(-c2nc(-c3cc(Cl)sc3Cl)cs2)cc1. The van der Waals surface area contributed by atoms with Crippen LogP contribution < -0.4 is 0 Å². The average Bonchev–Trinajstić information content (AvgIpc) is 3.13. The molecule has 0 N–H and O–H groups in total. The molecule has 2 aromatic heterocycles. The highest BCUT2D eigenvalue weighted by atomic mass is 35.5. The molecule has 0 aliphatic carbocycles. The quantitative estimate of drug-likeness (QED) is 0.561. The standard InChI is InChI=1S/C15H9Cl2NO2S2/c1-20-15(19)9-4-2-8(3-5-9)14-18-11(7-21-14)10-6-12(16)22-13(10)17/h2-7H,1H3. The maximum atomic E-state index is 11.4. The minimum Gasteiger partial charge on any atom is -0.465 e. The molecule has 0 fully saturated rings. The van der Waals surface area contributed by atoms with E-state index in [-0.39, 0.29) is 5.97 Å². The molecule has 112 valence electrons. The predicted octanol–water partition coefficient (Wildman–Crippen LogP) is 5.63. The van der Waals surface area contributed by atoms with Crippen molar-refractivity contribution in [2.24, 2.45) is 0 Å². The van der Waals surface area contributed by atoms with E-state index in [0.29, 0.717) is 14.2 Å². The minimum atomic E-state index is -0.355. The third-order valence-electron chi connectivity index (χ3n) is 2.99. The van der Waals surface area contributed by atoms with Crippen molar-refractivity contribution in [1.29, 1.82) is 0 Å². The third kappa shape index (κ3) is 3.03. The lowest BCUT2D eigenvalue weighted by molar-refractivity contribution is 0.0601. The first-order valence-corrected chi connectivity index (χ1v) is 8.63. The Balaban J connectivity index is 1.90. The molecule has 3 aromatic rings. The van der Waals surface area contributed by atoms with E-state index in [1.807, 2.05) is 23.6 Å². The van der Waals surface area contributed by atoms with Gasteiger partial charge in [0.05, 0.1) is 22.7 Å². The maximum Gasteiger partial charge on any atom is 0.337 e. The van der Waals surface area contributed by atoms with Gasteiger partial charge in [0.15, 0.2) is 0 Å². The topological polar surface area (TPSA) is 39.2 Å². The van der Waals surface area contributed by atoms with Gasteiger partial charge in [0, 0.05) is 16.5 Å². The molecular weight excluding hydrogens is 361 g/mol. The van der Waals surface area contributed by atoms with Crippen LogP contribution in [0, 0.1) is 0 Å². The highest BCUT2D eigenvalue weighted by Gasteiger charge is 2.13. The molecule has 0 amide bonds. The number of halogens is 2. The van der Waals surface area contributed by atoms with E-state index < -0.39 is 0 Å². The van der Waals surface area contributed by atoms with Crippen molar-refractivity contribution in [3.8, 4) is 21.8 Å². The Morgan fingerprint density at radius 1 is 1.23 bits per heavy atom. The first kappa shape index (κ1) is 15.5. The summed E-state index contributed by atoms with van der Waals surface area (Å²) in [7, 11) is 1.36. The number of methoxy groups -OCH3 is 1. The molecule has 1 aromatic carbocycles. The molecule has 22 heavy (non-hydrogen) atoms. The van der Waals surface area contributed by atoms with Gasteiger partial charge in [-0.25, -0.2) is 9.78 Å². The summed E-state index contributed by atoms with van der Waals surface area (Å²) in [6.45, 7) is 0. The van der Waals surface area contributed by atoms with Gasteiger partial charge in [-0.1, -0.05) is 35.3 Å². The van der Waals surface area contributed by atoms with Crippen LogP contribution in [0.1, 0.15) is 10.4 Å².